The minimum atomic E-state index is -0.934. The fraction of sp³-hybridized carbons (Fsp3) is 0.500. The Kier molecular flexibility index (Phi) is 20.9. The van der Waals surface area contributed by atoms with Gasteiger partial charge < -0.3 is 58.3 Å². The first-order valence-electron chi connectivity index (χ1n) is 29.2. The maximum Gasteiger partial charge on any atom is 0.329 e. The molecule has 20 nitrogen and oxygen atoms in total. The number of esters is 2. The molecule has 0 bridgehead atoms. The van der Waals surface area contributed by atoms with Crippen molar-refractivity contribution in [2.45, 2.75) is 143 Å². The molecule has 4 aromatic rings. The quantitative estimate of drug-likeness (QED) is 0.0326. The molecule has 20 heteroatoms. The van der Waals surface area contributed by atoms with Crippen molar-refractivity contribution in [3.05, 3.63) is 107 Å². The van der Waals surface area contributed by atoms with Crippen molar-refractivity contribution < 1.29 is 76.3 Å². The van der Waals surface area contributed by atoms with Crippen LogP contribution in [-0.2, 0) is 60.7 Å². The third kappa shape index (κ3) is 15.9. The van der Waals surface area contributed by atoms with E-state index < -0.39 is 82.3 Å². The van der Waals surface area contributed by atoms with E-state index in [0.717, 1.165) is 11.1 Å². The average molecular weight is 1160 g/mol. The van der Waals surface area contributed by atoms with Crippen LogP contribution in [0.3, 0.4) is 0 Å². The number of amides is 4. The molecule has 0 aliphatic carbocycles. The molecule has 450 valence electrons. The Labute approximate surface area is 490 Å². The van der Waals surface area contributed by atoms with Crippen molar-refractivity contribution in [1.29, 1.82) is 0 Å². The van der Waals surface area contributed by atoms with Gasteiger partial charge in [-0.3, -0.25) is 28.8 Å². The van der Waals surface area contributed by atoms with E-state index >= 15 is 0 Å². The molecule has 0 spiro atoms. The number of fused-ring (bicyclic) bond motifs is 2. The largest absolute Gasteiger partial charge is 0.484 e. The molecule has 4 aromatic carbocycles. The summed E-state index contributed by atoms with van der Waals surface area (Å²) in [6.07, 6.45) is 4.38. The van der Waals surface area contributed by atoms with Crippen LogP contribution in [0.25, 0.3) is 0 Å². The lowest BCUT2D eigenvalue weighted by atomic mass is 9.84. The van der Waals surface area contributed by atoms with E-state index in [9.17, 15) is 38.4 Å². The van der Waals surface area contributed by atoms with Crippen molar-refractivity contribution in [2.24, 2.45) is 10.8 Å². The van der Waals surface area contributed by atoms with E-state index in [1.54, 1.807) is 76.2 Å². The summed E-state index contributed by atoms with van der Waals surface area (Å²) in [5.41, 5.74) is 1.26. The summed E-state index contributed by atoms with van der Waals surface area (Å²) in [7, 11) is 0. The average Bonchev–Trinajstić information content (AvgIpc) is 2.89. The summed E-state index contributed by atoms with van der Waals surface area (Å²) in [6, 6.07) is 23.2. The van der Waals surface area contributed by atoms with Crippen LogP contribution in [0.2, 0.25) is 0 Å². The highest BCUT2D eigenvalue weighted by atomic mass is 16.7. The molecule has 4 amide bonds. The van der Waals surface area contributed by atoms with Crippen LogP contribution < -0.4 is 39.1 Å². The Morgan fingerprint density at radius 2 is 0.940 bits per heavy atom. The molecular weight excluding hydrogens is 1080 g/mol. The SMILES string of the molecule is CCC(C)(C)C(=O)C(=O)N1CCCC[C@H]1C(=O)O[C@H](CCc1ccc2c(c1)OCO2)c1cccc(OCC(=O)NCCNC(=O)COc2cccc([C@@H](CCc3ccc4c(c3)OCO4)OC(=O)[C@@H]3CCCCN3C(=O)C(=O)C(C)(C)CC)c2)c1. The van der Waals surface area contributed by atoms with Gasteiger partial charge in [-0.15, -0.1) is 0 Å². The Bertz CT molecular complexity index is 2850. The summed E-state index contributed by atoms with van der Waals surface area (Å²) >= 11 is 0. The van der Waals surface area contributed by atoms with E-state index in [0.29, 0.717) is 123 Å². The van der Waals surface area contributed by atoms with E-state index in [1.165, 1.54) is 9.80 Å². The van der Waals surface area contributed by atoms with Gasteiger partial charge in [0, 0.05) is 37.0 Å². The third-order valence-electron chi connectivity index (χ3n) is 16.2. The lowest BCUT2D eigenvalue weighted by molar-refractivity contribution is -0.165. The number of nitrogens with one attached hydrogen (secondary N) is 2. The fourth-order valence-electron chi connectivity index (χ4n) is 10.2. The summed E-state index contributed by atoms with van der Waals surface area (Å²) in [5.74, 6) is -1.40. The van der Waals surface area contributed by atoms with Gasteiger partial charge in [0.25, 0.3) is 23.6 Å². The number of piperidine rings is 2. The van der Waals surface area contributed by atoms with Gasteiger partial charge in [0.1, 0.15) is 35.8 Å². The number of hydrogen-bond donors (Lipinski definition) is 2. The van der Waals surface area contributed by atoms with Gasteiger partial charge in [0.2, 0.25) is 25.2 Å². The van der Waals surface area contributed by atoms with Crippen molar-refractivity contribution in [1.82, 2.24) is 20.4 Å². The number of aryl methyl sites for hydroxylation is 2. The van der Waals surface area contributed by atoms with Crippen molar-refractivity contribution >= 4 is 47.1 Å². The van der Waals surface area contributed by atoms with Gasteiger partial charge in [-0.2, -0.15) is 0 Å². The van der Waals surface area contributed by atoms with E-state index in [2.05, 4.69) is 10.6 Å². The second-order valence-corrected chi connectivity index (χ2v) is 22.9. The predicted molar refractivity (Wildman–Crippen MR) is 306 cm³/mol. The van der Waals surface area contributed by atoms with Crippen LogP contribution in [0.5, 0.6) is 34.5 Å². The number of hydrogen-bond acceptors (Lipinski definition) is 16. The molecular formula is C64H78N4O16. The maximum atomic E-state index is 14.1. The number of carbonyl (C=O) groups excluding carboxylic acids is 8. The second kappa shape index (κ2) is 28.4. The summed E-state index contributed by atoms with van der Waals surface area (Å²) in [4.78, 5) is 111. The van der Waals surface area contributed by atoms with Crippen LogP contribution >= 0.6 is 0 Å². The van der Waals surface area contributed by atoms with E-state index in [1.807, 2.05) is 50.2 Å². The minimum Gasteiger partial charge on any atom is -0.484 e. The molecule has 4 aliphatic rings. The number of likely N-dealkylation sites (tertiary alicyclic amines) is 2. The number of nitrogens with zero attached hydrogens (tertiary/aromatic N) is 2. The standard InChI is InChI=1S/C64H78N4O16/c1-7-63(3,4)57(71)59(73)67-31-11-9-19-47(67)61(75)83-49(25-21-41-23-27-51-53(33-41)81-39-79-51)43-15-13-17-45(35-43)77-37-55(69)65-29-30-66-56(70)38-78-46-18-14-16-44(36-46)50(26-22-42-24-28-52-54(34-42)82-40-80-52)84-62(76)48-20-10-12-32-68(48)60(74)58(72)64(5,6)8-2/h13-18,23-24,27-28,33-36,47-50H,7-12,19-22,25-26,29-32,37-40H2,1-6H3,(H,65,69)(H,66,70)/t47-,48-,49+,50+/m0/s1. The van der Waals surface area contributed by atoms with Gasteiger partial charge in [-0.1, -0.05) is 77.9 Å². The normalized spacial score (nSPS) is 17.1. The molecule has 0 saturated carbocycles. The number of rotatable bonds is 27. The topological polar surface area (TPSA) is 241 Å². The highest BCUT2D eigenvalue weighted by Gasteiger charge is 2.43. The minimum absolute atomic E-state index is 0.0779. The summed E-state index contributed by atoms with van der Waals surface area (Å²) < 4.78 is 46.4. The lowest BCUT2D eigenvalue weighted by Crippen LogP contribution is -2.53. The zero-order valence-corrected chi connectivity index (χ0v) is 49.0. The van der Waals surface area contributed by atoms with Gasteiger partial charge in [0.05, 0.1) is 0 Å². The van der Waals surface area contributed by atoms with Crippen molar-refractivity contribution in [3.8, 4) is 34.5 Å². The molecule has 4 atom stereocenters. The molecule has 2 saturated heterocycles. The number of benzene rings is 4. The van der Waals surface area contributed by atoms with Crippen LogP contribution in [-0.4, -0.2) is 122 Å². The number of carbonyl (C=O) groups is 8. The highest BCUT2D eigenvalue weighted by Crippen LogP contribution is 2.37. The van der Waals surface area contributed by atoms with Crippen molar-refractivity contribution in [2.75, 3.05) is 53.0 Å². The van der Waals surface area contributed by atoms with Gasteiger partial charge in [0.15, 0.2) is 36.2 Å². The third-order valence-corrected chi connectivity index (χ3v) is 16.2. The predicted octanol–water partition coefficient (Wildman–Crippen LogP) is 8.04. The van der Waals surface area contributed by atoms with Gasteiger partial charge in [-0.25, -0.2) is 9.59 Å². The second-order valence-electron chi connectivity index (χ2n) is 22.9. The molecule has 0 radical (unpaired) electrons. The zero-order valence-electron chi connectivity index (χ0n) is 49.0. The maximum absolute atomic E-state index is 14.1. The zero-order chi connectivity index (χ0) is 60.0. The van der Waals surface area contributed by atoms with Crippen LogP contribution in [0.4, 0.5) is 0 Å². The van der Waals surface area contributed by atoms with Gasteiger partial charge in [-0.05, 0) is 148 Å². The molecule has 2 N–H and O–H groups in total. The van der Waals surface area contributed by atoms with Crippen LogP contribution in [0.1, 0.15) is 140 Å². The number of ether oxygens (including phenoxy) is 8. The molecule has 4 heterocycles. The molecule has 84 heavy (non-hydrogen) atoms. The molecule has 0 unspecified atom stereocenters. The van der Waals surface area contributed by atoms with E-state index in [4.69, 9.17) is 37.9 Å². The van der Waals surface area contributed by atoms with Crippen LogP contribution in [0, 0.1) is 10.8 Å². The van der Waals surface area contributed by atoms with Crippen LogP contribution in [0.15, 0.2) is 84.9 Å². The van der Waals surface area contributed by atoms with E-state index in [-0.39, 0.29) is 53.0 Å². The smallest absolute Gasteiger partial charge is 0.329 e. The molecule has 4 aliphatic heterocycles. The first kappa shape index (κ1) is 61.9. The highest BCUT2D eigenvalue weighted by molar-refractivity contribution is 6.38. The first-order chi connectivity index (χ1) is 40.3. The Hall–Kier alpha value is -8.16. The summed E-state index contributed by atoms with van der Waals surface area (Å²) in [5, 5.41) is 5.47. The molecule has 2 fully saturated rings. The molecule has 8 rings (SSSR count). The fourth-order valence-corrected chi connectivity index (χ4v) is 10.2. The lowest BCUT2D eigenvalue weighted by Gasteiger charge is -2.36. The Balaban J connectivity index is 0.839. The number of Topliss-reactive ketones (excluding diaryl/α,β-unsaturated/α-hetero) is 2. The first-order valence-corrected chi connectivity index (χ1v) is 29.2. The Morgan fingerprint density at radius 3 is 1.35 bits per heavy atom. The van der Waals surface area contributed by atoms with Crippen molar-refractivity contribution in [3.63, 3.8) is 0 Å². The Morgan fingerprint density at radius 1 is 0.536 bits per heavy atom. The van der Waals surface area contributed by atoms with Gasteiger partial charge >= 0.3 is 11.9 Å². The monoisotopic (exact) mass is 1160 g/mol. The number of ketones is 2. The summed E-state index contributed by atoms with van der Waals surface area (Å²) in [6.45, 7) is 10.8. The molecule has 0 aromatic heterocycles.